The number of thiophene rings is 1. The third-order valence-electron chi connectivity index (χ3n) is 2.23. The summed E-state index contributed by atoms with van der Waals surface area (Å²) in [5.74, 6) is 0.890. The highest BCUT2D eigenvalue weighted by molar-refractivity contribution is 8.00. The first-order valence-electron chi connectivity index (χ1n) is 4.84. The van der Waals surface area contributed by atoms with Gasteiger partial charge >= 0.3 is 0 Å². The number of carbonyl (C=O) groups excluding carboxylic acids is 1. The Morgan fingerprint density at radius 1 is 1.64 bits per heavy atom. The van der Waals surface area contributed by atoms with Gasteiger partial charge in [0, 0.05) is 15.7 Å². The summed E-state index contributed by atoms with van der Waals surface area (Å²) in [5, 5.41) is 2.56. The fourth-order valence-electron chi connectivity index (χ4n) is 1.09. The van der Waals surface area contributed by atoms with Crippen LogP contribution in [0.3, 0.4) is 0 Å². The molecule has 0 aliphatic rings. The number of Topliss-reactive ketones (excluding diaryl/α,β-unsaturated/α-hetero) is 1. The molecule has 0 N–H and O–H groups in total. The molecule has 1 unspecified atom stereocenters. The molecule has 1 aromatic rings. The van der Waals surface area contributed by atoms with Crippen molar-refractivity contribution >= 4 is 28.9 Å². The number of aryl methyl sites for hydroxylation is 1. The lowest BCUT2D eigenvalue weighted by atomic mass is 10.2. The zero-order valence-electron chi connectivity index (χ0n) is 8.87. The average molecular weight is 228 g/mol. The van der Waals surface area contributed by atoms with Crippen LogP contribution >= 0.6 is 23.1 Å². The van der Waals surface area contributed by atoms with Gasteiger partial charge in [-0.05, 0) is 24.8 Å². The minimum Gasteiger partial charge on any atom is -0.293 e. The smallest absolute Gasteiger partial charge is 0.173 e. The Balaban J connectivity index is 2.47. The maximum Gasteiger partial charge on any atom is 0.173 e. The van der Waals surface area contributed by atoms with Gasteiger partial charge in [-0.3, -0.25) is 4.79 Å². The van der Waals surface area contributed by atoms with Crippen molar-refractivity contribution < 1.29 is 4.79 Å². The van der Waals surface area contributed by atoms with Gasteiger partial charge in [0.25, 0.3) is 0 Å². The van der Waals surface area contributed by atoms with Gasteiger partial charge in [-0.25, -0.2) is 0 Å². The summed E-state index contributed by atoms with van der Waals surface area (Å²) in [6.45, 7) is 6.32. The SMILES string of the molecule is CCC(C)SCC(=O)c1ccsc1C. The number of hydrogen-bond donors (Lipinski definition) is 0. The molecule has 1 atom stereocenters. The third-order valence-corrected chi connectivity index (χ3v) is 4.41. The number of carbonyl (C=O) groups is 1. The maximum absolute atomic E-state index is 11.7. The topological polar surface area (TPSA) is 17.1 Å². The second-order valence-electron chi connectivity index (χ2n) is 3.34. The van der Waals surface area contributed by atoms with Crippen molar-refractivity contribution in [3.63, 3.8) is 0 Å². The standard InChI is InChI=1S/C11H16OS2/c1-4-8(2)14-7-11(12)10-5-6-13-9(10)3/h5-6,8H,4,7H2,1-3H3. The molecule has 0 amide bonds. The van der Waals surface area contributed by atoms with Crippen LogP contribution in [0.4, 0.5) is 0 Å². The molecular formula is C11H16OS2. The quantitative estimate of drug-likeness (QED) is 0.714. The van der Waals surface area contributed by atoms with Gasteiger partial charge in [0.15, 0.2) is 5.78 Å². The predicted molar refractivity (Wildman–Crippen MR) is 65.6 cm³/mol. The predicted octanol–water partition coefficient (Wildman–Crippen LogP) is 3.77. The number of rotatable bonds is 5. The Kier molecular flexibility index (Phi) is 4.69. The molecule has 0 bridgehead atoms. The summed E-state index contributed by atoms with van der Waals surface area (Å²) in [5.41, 5.74) is 0.908. The number of ketones is 1. The highest BCUT2D eigenvalue weighted by atomic mass is 32.2. The molecule has 0 aromatic carbocycles. The Morgan fingerprint density at radius 3 is 2.86 bits per heavy atom. The lowest BCUT2D eigenvalue weighted by Crippen LogP contribution is -2.06. The molecule has 1 heterocycles. The van der Waals surface area contributed by atoms with E-state index in [0.717, 1.165) is 16.9 Å². The highest BCUT2D eigenvalue weighted by Gasteiger charge is 2.11. The Morgan fingerprint density at radius 2 is 2.36 bits per heavy atom. The van der Waals surface area contributed by atoms with Gasteiger partial charge in [0.1, 0.15) is 0 Å². The summed E-state index contributed by atoms with van der Waals surface area (Å²) in [7, 11) is 0. The van der Waals surface area contributed by atoms with Crippen LogP contribution in [0.5, 0.6) is 0 Å². The van der Waals surface area contributed by atoms with E-state index < -0.39 is 0 Å². The largest absolute Gasteiger partial charge is 0.293 e. The molecule has 0 spiro atoms. The summed E-state index contributed by atoms with van der Waals surface area (Å²) in [4.78, 5) is 12.9. The molecule has 0 aliphatic heterocycles. The van der Waals surface area contributed by atoms with Crippen LogP contribution in [0, 0.1) is 6.92 Å². The van der Waals surface area contributed by atoms with Crippen molar-refractivity contribution in [3.05, 3.63) is 21.9 Å². The van der Waals surface area contributed by atoms with Crippen molar-refractivity contribution in [2.75, 3.05) is 5.75 Å². The first-order valence-corrected chi connectivity index (χ1v) is 6.77. The van der Waals surface area contributed by atoms with Crippen LogP contribution in [0.2, 0.25) is 0 Å². The Hall–Kier alpha value is -0.280. The van der Waals surface area contributed by atoms with Gasteiger partial charge in [-0.1, -0.05) is 13.8 Å². The van der Waals surface area contributed by atoms with Gasteiger partial charge in [-0.2, -0.15) is 11.8 Å². The summed E-state index contributed by atoms with van der Waals surface area (Å²) in [6.07, 6.45) is 1.13. The van der Waals surface area contributed by atoms with Gasteiger partial charge in [-0.15, -0.1) is 11.3 Å². The van der Waals surface area contributed by atoms with Crippen molar-refractivity contribution in [3.8, 4) is 0 Å². The van der Waals surface area contributed by atoms with Gasteiger partial charge in [0.2, 0.25) is 0 Å². The fourth-order valence-corrected chi connectivity index (χ4v) is 2.63. The number of hydrogen-bond acceptors (Lipinski definition) is 3. The van der Waals surface area contributed by atoms with E-state index in [1.165, 1.54) is 0 Å². The van der Waals surface area contributed by atoms with E-state index in [4.69, 9.17) is 0 Å². The minimum atomic E-state index is 0.272. The molecule has 3 heteroatoms. The van der Waals surface area contributed by atoms with Crippen LogP contribution in [0.15, 0.2) is 11.4 Å². The van der Waals surface area contributed by atoms with E-state index in [0.29, 0.717) is 11.0 Å². The molecular weight excluding hydrogens is 212 g/mol. The molecule has 0 saturated heterocycles. The van der Waals surface area contributed by atoms with E-state index in [9.17, 15) is 4.79 Å². The van der Waals surface area contributed by atoms with E-state index in [1.807, 2.05) is 18.4 Å². The molecule has 14 heavy (non-hydrogen) atoms. The lowest BCUT2D eigenvalue weighted by molar-refractivity contribution is 0.102. The van der Waals surface area contributed by atoms with Crippen LogP contribution in [-0.4, -0.2) is 16.8 Å². The van der Waals surface area contributed by atoms with E-state index in [1.54, 1.807) is 23.1 Å². The minimum absolute atomic E-state index is 0.272. The van der Waals surface area contributed by atoms with Crippen molar-refractivity contribution in [2.45, 2.75) is 32.4 Å². The van der Waals surface area contributed by atoms with Crippen molar-refractivity contribution in [1.82, 2.24) is 0 Å². The average Bonchev–Trinajstić information content (AvgIpc) is 2.60. The summed E-state index contributed by atoms with van der Waals surface area (Å²) < 4.78 is 0. The highest BCUT2D eigenvalue weighted by Crippen LogP contribution is 2.20. The normalized spacial score (nSPS) is 12.8. The molecule has 0 aliphatic carbocycles. The van der Waals surface area contributed by atoms with Crippen molar-refractivity contribution in [1.29, 1.82) is 0 Å². The van der Waals surface area contributed by atoms with Crippen LogP contribution < -0.4 is 0 Å². The summed E-state index contributed by atoms with van der Waals surface area (Å²) >= 11 is 3.39. The first-order chi connectivity index (χ1) is 6.65. The zero-order valence-corrected chi connectivity index (χ0v) is 10.5. The molecule has 1 rings (SSSR count). The van der Waals surface area contributed by atoms with Gasteiger partial charge < -0.3 is 0 Å². The fraction of sp³-hybridized carbons (Fsp3) is 0.545. The van der Waals surface area contributed by atoms with E-state index >= 15 is 0 Å². The molecule has 0 radical (unpaired) electrons. The van der Waals surface area contributed by atoms with E-state index in [2.05, 4.69) is 13.8 Å². The molecule has 1 aromatic heterocycles. The Labute approximate surface area is 93.9 Å². The zero-order chi connectivity index (χ0) is 10.6. The van der Waals surface area contributed by atoms with Crippen LogP contribution in [-0.2, 0) is 0 Å². The molecule has 0 fully saturated rings. The second kappa shape index (κ2) is 5.56. The Bertz CT molecular complexity index is 304. The first kappa shape index (κ1) is 11.8. The monoisotopic (exact) mass is 228 g/mol. The molecule has 0 saturated carbocycles. The molecule has 78 valence electrons. The summed E-state index contributed by atoms with van der Waals surface area (Å²) in [6, 6.07) is 1.93. The van der Waals surface area contributed by atoms with Crippen LogP contribution in [0.25, 0.3) is 0 Å². The van der Waals surface area contributed by atoms with Crippen molar-refractivity contribution in [2.24, 2.45) is 0 Å². The van der Waals surface area contributed by atoms with Gasteiger partial charge in [0.05, 0.1) is 5.75 Å². The second-order valence-corrected chi connectivity index (χ2v) is 5.89. The third kappa shape index (κ3) is 3.14. The maximum atomic E-state index is 11.7. The molecule has 1 nitrogen and oxygen atoms in total. The van der Waals surface area contributed by atoms with Crippen LogP contribution in [0.1, 0.15) is 35.5 Å². The van der Waals surface area contributed by atoms with E-state index in [-0.39, 0.29) is 5.78 Å². The number of thioether (sulfide) groups is 1. The lowest BCUT2D eigenvalue weighted by Gasteiger charge is -2.06.